The summed E-state index contributed by atoms with van der Waals surface area (Å²) in [6.07, 6.45) is 0.581. The molecule has 2 aromatic heterocycles. The first-order valence-electron chi connectivity index (χ1n) is 10.2. The maximum absolute atomic E-state index is 13.5. The summed E-state index contributed by atoms with van der Waals surface area (Å²) in [6, 6.07) is 7.53. The topological polar surface area (TPSA) is 72.6 Å². The van der Waals surface area contributed by atoms with Crippen LogP contribution in [-0.4, -0.2) is 50.1 Å². The molecule has 0 aliphatic carbocycles. The van der Waals surface area contributed by atoms with Crippen LogP contribution in [0.25, 0.3) is 5.78 Å². The van der Waals surface area contributed by atoms with Crippen molar-refractivity contribution in [1.29, 1.82) is 0 Å². The molecular formula is C21H22F3N5O2. The van der Waals surface area contributed by atoms with Crippen molar-refractivity contribution in [3.8, 4) is 5.75 Å². The molecule has 1 aliphatic heterocycles. The Hall–Kier alpha value is -3.17. The number of aromatic nitrogens is 4. The summed E-state index contributed by atoms with van der Waals surface area (Å²) in [6.45, 7) is 1.31. The van der Waals surface area contributed by atoms with Crippen LogP contribution in [0, 0.1) is 5.82 Å². The molecule has 7 nitrogen and oxygen atoms in total. The highest BCUT2D eigenvalue weighted by molar-refractivity contribution is 5.76. The third kappa shape index (κ3) is 4.78. The average Bonchev–Trinajstić information content (AvgIpc) is 3.25. The molecular weight excluding hydrogens is 411 g/mol. The molecule has 0 unspecified atom stereocenters. The zero-order valence-electron chi connectivity index (χ0n) is 16.8. The van der Waals surface area contributed by atoms with Gasteiger partial charge in [-0.1, -0.05) is 12.1 Å². The monoisotopic (exact) mass is 433 g/mol. The molecule has 1 saturated heterocycles. The highest BCUT2D eigenvalue weighted by Crippen LogP contribution is 2.30. The SMILES string of the molecule is O=C(CCCOc1ccccc1F)N1CCC(c2cc(C(F)F)n3ncnc3n2)CC1. The number of hydrogen-bond donors (Lipinski definition) is 0. The first-order chi connectivity index (χ1) is 15.0. The van der Waals surface area contributed by atoms with E-state index in [0.717, 1.165) is 4.52 Å². The number of hydrogen-bond acceptors (Lipinski definition) is 5. The lowest BCUT2D eigenvalue weighted by atomic mass is 9.92. The first kappa shape index (κ1) is 21.1. The number of ether oxygens (including phenoxy) is 1. The van der Waals surface area contributed by atoms with Crippen LogP contribution in [-0.2, 0) is 4.79 Å². The molecule has 1 fully saturated rings. The van der Waals surface area contributed by atoms with Crippen LogP contribution in [0.1, 0.15) is 49.4 Å². The molecule has 0 atom stereocenters. The fourth-order valence-electron chi connectivity index (χ4n) is 3.77. The van der Waals surface area contributed by atoms with E-state index in [2.05, 4.69) is 15.1 Å². The van der Waals surface area contributed by atoms with E-state index >= 15 is 0 Å². The second-order valence-corrected chi connectivity index (χ2v) is 7.42. The van der Waals surface area contributed by atoms with Gasteiger partial charge < -0.3 is 9.64 Å². The highest BCUT2D eigenvalue weighted by atomic mass is 19.3. The molecule has 164 valence electrons. The number of halogens is 3. The summed E-state index contributed by atoms with van der Waals surface area (Å²) in [4.78, 5) is 22.5. The Kier molecular flexibility index (Phi) is 6.34. The summed E-state index contributed by atoms with van der Waals surface area (Å²) >= 11 is 0. The Morgan fingerprint density at radius 2 is 2.00 bits per heavy atom. The molecule has 10 heteroatoms. The van der Waals surface area contributed by atoms with Crippen molar-refractivity contribution in [1.82, 2.24) is 24.5 Å². The van der Waals surface area contributed by atoms with Crippen molar-refractivity contribution in [3.05, 3.63) is 53.9 Å². The largest absolute Gasteiger partial charge is 0.491 e. The molecule has 0 spiro atoms. The number of likely N-dealkylation sites (tertiary alicyclic amines) is 1. The van der Waals surface area contributed by atoms with Crippen molar-refractivity contribution in [3.63, 3.8) is 0 Å². The zero-order chi connectivity index (χ0) is 21.8. The number of piperidine rings is 1. The normalized spacial score (nSPS) is 15.0. The van der Waals surface area contributed by atoms with Gasteiger partial charge in [0, 0.05) is 31.1 Å². The Morgan fingerprint density at radius 1 is 1.23 bits per heavy atom. The highest BCUT2D eigenvalue weighted by Gasteiger charge is 2.26. The first-order valence-corrected chi connectivity index (χ1v) is 10.2. The molecule has 3 aromatic rings. The molecule has 0 N–H and O–H groups in total. The number of para-hydroxylation sites is 1. The van der Waals surface area contributed by atoms with Gasteiger partial charge in [0.25, 0.3) is 12.2 Å². The summed E-state index contributed by atoms with van der Waals surface area (Å²) in [5.41, 5.74) is 0.326. The van der Waals surface area contributed by atoms with E-state index < -0.39 is 12.2 Å². The number of carbonyl (C=O) groups is 1. The molecule has 0 radical (unpaired) electrons. The van der Waals surface area contributed by atoms with E-state index in [-0.39, 0.29) is 35.7 Å². The smallest absolute Gasteiger partial charge is 0.280 e. The zero-order valence-corrected chi connectivity index (χ0v) is 16.8. The fourth-order valence-corrected chi connectivity index (χ4v) is 3.77. The molecule has 1 aromatic carbocycles. The van der Waals surface area contributed by atoms with Gasteiger partial charge in [-0.2, -0.15) is 14.6 Å². The lowest BCUT2D eigenvalue weighted by Gasteiger charge is -2.32. The second-order valence-electron chi connectivity index (χ2n) is 7.42. The standard InChI is InChI=1S/C21H22F3N5O2/c22-15-4-1-2-5-18(15)31-11-3-6-19(30)28-9-7-14(8-10-28)16-12-17(20(23)24)29-21(27-16)25-13-26-29/h1-2,4-5,12-14,20H,3,6-11H2. The molecule has 1 aliphatic rings. The summed E-state index contributed by atoms with van der Waals surface area (Å²) in [5.74, 6) is -0.113. The van der Waals surface area contributed by atoms with Gasteiger partial charge in [-0.15, -0.1) is 0 Å². The number of benzene rings is 1. The van der Waals surface area contributed by atoms with Gasteiger partial charge in [0.2, 0.25) is 5.91 Å². The molecule has 3 heterocycles. The molecule has 31 heavy (non-hydrogen) atoms. The third-order valence-electron chi connectivity index (χ3n) is 5.42. The van der Waals surface area contributed by atoms with E-state index in [9.17, 15) is 18.0 Å². The molecule has 4 rings (SSSR count). The van der Waals surface area contributed by atoms with Crippen molar-refractivity contribution < 1.29 is 22.7 Å². The Balaban J connectivity index is 1.28. The van der Waals surface area contributed by atoms with Gasteiger partial charge in [0.15, 0.2) is 11.6 Å². The number of carbonyl (C=O) groups excluding carboxylic acids is 1. The van der Waals surface area contributed by atoms with Crippen LogP contribution in [0.3, 0.4) is 0 Å². The van der Waals surface area contributed by atoms with Gasteiger partial charge in [-0.25, -0.2) is 18.2 Å². The maximum atomic E-state index is 13.5. The van der Waals surface area contributed by atoms with Crippen LogP contribution in [0.2, 0.25) is 0 Å². The van der Waals surface area contributed by atoms with Gasteiger partial charge in [0.1, 0.15) is 12.0 Å². The quantitative estimate of drug-likeness (QED) is 0.531. The van der Waals surface area contributed by atoms with Crippen molar-refractivity contribution in [2.75, 3.05) is 19.7 Å². The van der Waals surface area contributed by atoms with Crippen molar-refractivity contribution in [2.24, 2.45) is 0 Å². The van der Waals surface area contributed by atoms with Crippen LogP contribution in [0.4, 0.5) is 13.2 Å². The minimum Gasteiger partial charge on any atom is -0.491 e. The van der Waals surface area contributed by atoms with Gasteiger partial charge in [-0.3, -0.25) is 4.79 Å². The number of nitrogens with zero attached hydrogens (tertiary/aromatic N) is 5. The van der Waals surface area contributed by atoms with Crippen molar-refractivity contribution >= 4 is 11.7 Å². The number of amides is 1. The molecule has 0 bridgehead atoms. The predicted octanol–water partition coefficient (Wildman–Crippen LogP) is 3.77. The second kappa shape index (κ2) is 9.32. The van der Waals surface area contributed by atoms with Gasteiger partial charge >= 0.3 is 0 Å². The molecule has 1 amide bonds. The number of rotatable bonds is 7. The van der Waals surface area contributed by atoms with E-state index in [0.29, 0.717) is 44.5 Å². The Labute approximate surface area is 176 Å². The summed E-state index contributed by atoms with van der Waals surface area (Å²) < 4.78 is 46.7. The summed E-state index contributed by atoms with van der Waals surface area (Å²) in [5, 5.41) is 3.80. The molecule has 0 saturated carbocycles. The Bertz CT molecular complexity index is 1050. The lowest BCUT2D eigenvalue weighted by Crippen LogP contribution is -2.38. The number of alkyl halides is 2. The third-order valence-corrected chi connectivity index (χ3v) is 5.42. The lowest BCUT2D eigenvalue weighted by molar-refractivity contribution is -0.132. The van der Waals surface area contributed by atoms with Crippen LogP contribution in [0.15, 0.2) is 36.7 Å². The predicted molar refractivity (Wildman–Crippen MR) is 105 cm³/mol. The van der Waals surface area contributed by atoms with Crippen molar-refractivity contribution in [2.45, 2.75) is 38.0 Å². The van der Waals surface area contributed by atoms with Crippen LogP contribution in [0.5, 0.6) is 5.75 Å². The van der Waals surface area contributed by atoms with E-state index in [1.807, 2.05) is 0 Å². The summed E-state index contributed by atoms with van der Waals surface area (Å²) in [7, 11) is 0. The van der Waals surface area contributed by atoms with Gasteiger partial charge in [-0.05, 0) is 37.5 Å². The number of fused-ring (bicyclic) bond motifs is 1. The van der Waals surface area contributed by atoms with Crippen LogP contribution >= 0.6 is 0 Å². The maximum Gasteiger partial charge on any atom is 0.280 e. The van der Waals surface area contributed by atoms with E-state index in [4.69, 9.17) is 4.74 Å². The average molecular weight is 433 g/mol. The Morgan fingerprint density at radius 3 is 2.74 bits per heavy atom. The minimum absolute atomic E-state index is 0.00437. The van der Waals surface area contributed by atoms with Gasteiger partial charge in [0.05, 0.1) is 6.61 Å². The van der Waals surface area contributed by atoms with E-state index in [1.165, 1.54) is 18.5 Å². The van der Waals surface area contributed by atoms with Crippen LogP contribution < -0.4 is 4.74 Å². The minimum atomic E-state index is -2.68. The van der Waals surface area contributed by atoms with E-state index in [1.54, 1.807) is 23.1 Å². The fraction of sp³-hybridized carbons (Fsp3) is 0.429.